The predicted molar refractivity (Wildman–Crippen MR) is 184 cm³/mol. The van der Waals surface area contributed by atoms with Crippen LogP contribution in [0.4, 0.5) is 24.0 Å². The maximum absolute atomic E-state index is 13.0. The number of fused-ring (bicyclic) bond motifs is 1. The molecular formula is C33H47F3N8S. The number of aliphatic imine (C=N–C) groups is 2. The normalized spacial score (nSPS) is 17.7. The van der Waals surface area contributed by atoms with Crippen molar-refractivity contribution in [1.29, 1.82) is 0 Å². The van der Waals surface area contributed by atoms with E-state index < -0.39 is 12.7 Å². The quantitative estimate of drug-likeness (QED) is 0.279. The number of hydrogen-bond acceptors (Lipinski definition) is 8. The number of benzene rings is 1. The van der Waals surface area contributed by atoms with Gasteiger partial charge in [-0.2, -0.15) is 13.2 Å². The highest BCUT2D eigenvalue weighted by Crippen LogP contribution is 2.30. The maximum Gasteiger partial charge on any atom is 0.406 e. The van der Waals surface area contributed by atoms with Crippen LogP contribution < -0.4 is 16.0 Å². The third-order valence-electron chi connectivity index (χ3n) is 8.36. The van der Waals surface area contributed by atoms with E-state index in [1.807, 2.05) is 6.08 Å². The zero-order chi connectivity index (χ0) is 32.4. The van der Waals surface area contributed by atoms with Gasteiger partial charge in [-0.05, 0) is 83.1 Å². The number of alkyl halides is 3. The van der Waals surface area contributed by atoms with Crippen molar-refractivity contribution in [3.8, 4) is 0 Å². The summed E-state index contributed by atoms with van der Waals surface area (Å²) in [4.78, 5) is 17.9. The Labute approximate surface area is 268 Å². The molecule has 5 heterocycles. The Kier molecular flexibility index (Phi) is 12.6. The Balaban J connectivity index is 0.000000178. The van der Waals surface area contributed by atoms with E-state index >= 15 is 0 Å². The lowest BCUT2D eigenvalue weighted by Gasteiger charge is -2.31. The molecule has 0 unspecified atom stereocenters. The number of anilines is 2. The Morgan fingerprint density at radius 1 is 1.13 bits per heavy atom. The van der Waals surface area contributed by atoms with Crippen molar-refractivity contribution in [1.82, 2.24) is 19.8 Å². The minimum Gasteiger partial charge on any atom is -0.398 e. The molecule has 2 fully saturated rings. The van der Waals surface area contributed by atoms with Gasteiger partial charge in [0.25, 0.3) is 0 Å². The summed E-state index contributed by atoms with van der Waals surface area (Å²) in [6.45, 7) is 10.8. The molecule has 0 saturated carbocycles. The summed E-state index contributed by atoms with van der Waals surface area (Å²) in [5.74, 6) is 1.25. The number of likely N-dealkylation sites (tertiary alicyclic amines) is 1. The number of aromatic nitrogens is 2. The summed E-state index contributed by atoms with van der Waals surface area (Å²) in [5, 5.41) is 6.78. The van der Waals surface area contributed by atoms with Crippen LogP contribution in [0.5, 0.6) is 0 Å². The van der Waals surface area contributed by atoms with Crippen LogP contribution in [-0.2, 0) is 6.54 Å². The molecular weight excluding hydrogens is 597 g/mol. The summed E-state index contributed by atoms with van der Waals surface area (Å²) in [5.41, 5.74) is 8.89. The van der Waals surface area contributed by atoms with Crippen LogP contribution in [0.1, 0.15) is 56.8 Å². The first kappa shape index (κ1) is 34.6. The van der Waals surface area contributed by atoms with Gasteiger partial charge in [-0.1, -0.05) is 32.4 Å². The van der Waals surface area contributed by atoms with E-state index in [9.17, 15) is 13.2 Å². The van der Waals surface area contributed by atoms with Crippen LogP contribution >= 0.6 is 11.3 Å². The minimum atomic E-state index is -4.35. The molecule has 2 saturated heterocycles. The van der Waals surface area contributed by atoms with Gasteiger partial charge in [-0.3, -0.25) is 4.99 Å². The SMILES string of the molecule is C=Cc1csc(N2CCC(CC)CC2)n1.CN1CCCCC1.CNCC1=NC(c2cc3c(N)cccc3n2CC(F)(F)F)=NC1. The first-order chi connectivity index (χ1) is 21.6. The molecule has 246 valence electrons. The molecule has 0 amide bonds. The van der Waals surface area contributed by atoms with Crippen LogP contribution in [0, 0.1) is 5.92 Å². The van der Waals surface area contributed by atoms with Crippen molar-refractivity contribution < 1.29 is 13.2 Å². The molecule has 1 aromatic carbocycles. The van der Waals surface area contributed by atoms with Gasteiger partial charge in [-0.15, -0.1) is 11.3 Å². The summed E-state index contributed by atoms with van der Waals surface area (Å²) in [7, 11) is 3.97. The van der Waals surface area contributed by atoms with Crippen molar-refractivity contribution in [2.45, 2.75) is 58.2 Å². The lowest BCUT2D eigenvalue weighted by Crippen LogP contribution is -2.33. The molecule has 0 bridgehead atoms. The number of rotatable bonds is 7. The Hall–Kier alpha value is -3.22. The van der Waals surface area contributed by atoms with Gasteiger partial charge < -0.3 is 25.4 Å². The van der Waals surface area contributed by atoms with E-state index in [0.29, 0.717) is 41.2 Å². The number of thiazole rings is 1. The topological polar surface area (TPSA) is 87.1 Å². The van der Waals surface area contributed by atoms with Gasteiger partial charge in [0, 0.05) is 36.1 Å². The zero-order valence-corrected chi connectivity index (χ0v) is 27.6. The van der Waals surface area contributed by atoms with E-state index in [-0.39, 0.29) is 0 Å². The highest BCUT2D eigenvalue weighted by atomic mass is 32.1. The average molecular weight is 645 g/mol. The van der Waals surface area contributed by atoms with Gasteiger partial charge in [0.1, 0.15) is 6.54 Å². The fourth-order valence-corrected chi connectivity index (χ4v) is 6.63. The van der Waals surface area contributed by atoms with Crippen LogP contribution in [0.15, 0.2) is 46.2 Å². The molecule has 3 aliphatic heterocycles. The molecule has 2 aromatic heterocycles. The standard InChI is InChI=1S/C15H16F3N5.C12H18N2S.C6H13N/c1-20-6-9-7-21-14(22-9)13-5-10-11(19)3-2-4-12(10)23(13)8-15(16,17)18;1-3-10-5-7-14(8-6-10)12-13-11(4-2)9-15-12;1-7-5-3-2-4-6-7/h2-5,20H,6-8,19H2,1H3;4,9-10H,2-3,5-8H2,1H3;2-6H2,1H3. The number of amidine groups is 1. The number of nitrogens with zero attached hydrogens (tertiary/aromatic N) is 6. The van der Waals surface area contributed by atoms with E-state index in [1.54, 1.807) is 42.6 Å². The van der Waals surface area contributed by atoms with Crippen molar-refractivity contribution in [3.63, 3.8) is 0 Å². The molecule has 0 spiro atoms. The molecule has 12 heteroatoms. The summed E-state index contributed by atoms with van der Waals surface area (Å²) < 4.78 is 40.1. The van der Waals surface area contributed by atoms with Gasteiger partial charge in [-0.25, -0.2) is 9.98 Å². The third kappa shape index (κ3) is 9.88. The van der Waals surface area contributed by atoms with E-state index in [4.69, 9.17) is 5.73 Å². The van der Waals surface area contributed by atoms with Crippen LogP contribution in [0.2, 0.25) is 0 Å². The highest BCUT2D eigenvalue weighted by Gasteiger charge is 2.31. The van der Waals surface area contributed by atoms with Crippen molar-refractivity contribution in [3.05, 3.63) is 47.6 Å². The first-order valence-corrected chi connectivity index (χ1v) is 16.7. The lowest BCUT2D eigenvalue weighted by molar-refractivity contribution is -0.139. The van der Waals surface area contributed by atoms with Gasteiger partial charge in [0.2, 0.25) is 0 Å². The number of piperidine rings is 2. The third-order valence-corrected chi connectivity index (χ3v) is 9.28. The van der Waals surface area contributed by atoms with E-state index in [1.165, 1.54) is 74.4 Å². The molecule has 0 aliphatic carbocycles. The number of nitrogen functional groups attached to an aromatic ring is 1. The lowest BCUT2D eigenvalue weighted by atomic mass is 9.95. The van der Waals surface area contributed by atoms with Crippen molar-refractivity contribution in [2.24, 2.45) is 15.9 Å². The van der Waals surface area contributed by atoms with E-state index in [0.717, 1.165) is 17.3 Å². The molecule has 3 aliphatic rings. The molecule has 0 atom stereocenters. The molecule has 45 heavy (non-hydrogen) atoms. The molecule has 0 radical (unpaired) electrons. The number of hydrogen-bond donors (Lipinski definition) is 2. The second kappa shape index (κ2) is 16.4. The summed E-state index contributed by atoms with van der Waals surface area (Å²) >= 11 is 1.73. The Morgan fingerprint density at radius 3 is 2.44 bits per heavy atom. The monoisotopic (exact) mass is 644 g/mol. The number of nitrogens with one attached hydrogen (secondary N) is 1. The maximum atomic E-state index is 13.0. The molecule has 6 rings (SSSR count). The first-order valence-electron chi connectivity index (χ1n) is 15.8. The van der Waals surface area contributed by atoms with Gasteiger partial charge >= 0.3 is 6.18 Å². The van der Waals surface area contributed by atoms with Gasteiger partial charge in [0.05, 0.1) is 29.2 Å². The number of nitrogens with two attached hydrogens (primary N) is 1. The molecule has 3 aromatic rings. The largest absolute Gasteiger partial charge is 0.406 e. The molecule has 8 nitrogen and oxygen atoms in total. The van der Waals surface area contributed by atoms with Gasteiger partial charge in [0.15, 0.2) is 11.0 Å². The average Bonchev–Trinajstić information content (AvgIpc) is 3.78. The second-order valence-corrected chi connectivity index (χ2v) is 12.7. The zero-order valence-electron chi connectivity index (χ0n) is 26.7. The minimum absolute atomic E-state index is 0.315. The predicted octanol–water partition coefficient (Wildman–Crippen LogP) is 6.72. The van der Waals surface area contributed by atoms with Crippen LogP contribution in [-0.4, -0.2) is 85.5 Å². The smallest absolute Gasteiger partial charge is 0.398 e. The highest BCUT2D eigenvalue weighted by molar-refractivity contribution is 7.13. The van der Waals surface area contributed by atoms with E-state index in [2.05, 4.69) is 56.0 Å². The number of halogens is 3. The van der Waals surface area contributed by atoms with Crippen molar-refractivity contribution in [2.75, 3.05) is 64.0 Å². The summed E-state index contributed by atoms with van der Waals surface area (Å²) in [6, 6.07) is 6.55. The van der Waals surface area contributed by atoms with Crippen LogP contribution in [0.3, 0.4) is 0 Å². The van der Waals surface area contributed by atoms with Crippen LogP contribution in [0.25, 0.3) is 17.0 Å². The Morgan fingerprint density at radius 2 is 1.87 bits per heavy atom. The molecule has 3 N–H and O–H groups in total. The Bertz CT molecular complexity index is 1440. The summed E-state index contributed by atoms with van der Waals surface area (Å²) in [6.07, 6.45) is 5.71. The fraction of sp³-hybridized carbons (Fsp3) is 0.545. The fourth-order valence-electron chi connectivity index (χ4n) is 5.77. The van der Waals surface area contributed by atoms with Crippen molar-refractivity contribution >= 4 is 50.7 Å². The second-order valence-electron chi connectivity index (χ2n) is 11.8.